The Kier molecular flexibility index (Phi) is 5.89. The quantitative estimate of drug-likeness (QED) is 0.242. The van der Waals surface area contributed by atoms with Crippen molar-refractivity contribution < 1.29 is 13.6 Å². The van der Waals surface area contributed by atoms with Crippen LogP contribution in [0.1, 0.15) is 68.3 Å². The van der Waals surface area contributed by atoms with Gasteiger partial charge in [0, 0.05) is 9.16 Å². The number of carbonyl (C=O) groups excluding carboxylic acids is 1. The molecule has 1 aliphatic rings. The van der Waals surface area contributed by atoms with Crippen LogP contribution in [0.3, 0.4) is 0 Å². The fourth-order valence-electron chi connectivity index (χ4n) is 2.07. The lowest BCUT2D eigenvalue weighted by Crippen LogP contribution is -2.44. The Bertz CT molecular complexity index is 432. The summed E-state index contributed by atoms with van der Waals surface area (Å²) in [6.07, 6.45) is 11.1. The van der Waals surface area contributed by atoms with Gasteiger partial charge < -0.3 is 4.74 Å². The number of esters is 1. The SMILES string of the molecule is [2H][C@H](CCC#C)[C@@]1([2H])OC(=O)[C@]1([2H])CCCCCCCC=C. The summed E-state index contributed by atoms with van der Waals surface area (Å²) in [6.45, 7) is 3.68. The summed E-state index contributed by atoms with van der Waals surface area (Å²) in [5.74, 6) is 0.132. The van der Waals surface area contributed by atoms with Gasteiger partial charge in [-0.1, -0.05) is 31.8 Å². The topological polar surface area (TPSA) is 26.3 Å². The number of hydrogen-bond acceptors (Lipinski definition) is 2. The first-order chi connectivity index (χ1) is 10.4. The molecule has 0 saturated carbocycles. The summed E-state index contributed by atoms with van der Waals surface area (Å²) in [5.41, 5.74) is 0. The van der Waals surface area contributed by atoms with Crippen molar-refractivity contribution in [2.45, 2.75) is 70.3 Å². The maximum absolute atomic E-state index is 11.7. The van der Waals surface area contributed by atoms with Gasteiger partial charge in [-0.25, -0.2) is 0 Å². The molecule has 2 nitrogen and oxygen atoms in total. The summed E-state index contributed by atoms with van der Waals surface area (Å²) < 4.78 is 29.4. The molecule has 0 amide bonds. The third-order valence-corrected chi connectivity index (χ3v) is 3.20. The fraction of sp³-hybridized carbons (Fsp3) is 0.706. The first-order valence-corrected chi connectivity index (χ1v) is 7.12. The highest BCUT2D eigenvalue weighted by Gasteiger charge is 2.40. The molecular formula is C17H26O2. The lowest BCUT2D eigenvalue weighted by Gasteiger charge is -2.35. The molecule has 0 N–H and O–H groups in total. The molecule has 1 saturated heterocycles. The largest absolute Gasteiger partial charge is 0.461 e. The number of terminal acetylenes is 1. The minimum atomic E-state index is -1.77. The Morgan fingerprint density at radius 2 is 2.11 bits per heavy atom. The van der Waals surface area contributed by atoms with E-state index in [1.165, 1.54) is 0 Å². The number of allylic oxidation sites excluding steroid dienone is 1. The minimum absolute atomic E-state index is 0.273. The highest BCUT2D eigenvalue weighted by Crippen LogP contribution is 2.31. The van der Waals surface area contributed by atoms with Crippen LogP contribution in [0.25, 0.3) is 0 Å². The summed E-state index contributed by atoms with van der Waals surface area (Å²) in [6, 6.07) is 0. The molecule has 19 heavy (non-hydrogen) atoms. The minimum Gasteiger partial charge on any atom is -0.461 e. The molecule has 1 fully saturated rings. The molecule has 0 aromatic heterocycles. The number of cyclic esters (lactones) is 1. The van der Waals surface area contributed by atoms with E-state index in [9.17, 15) is 4.79 Å². The zero-order chi connectivity index (χ0) is 16.6. The number of ether oxygens (including phenoxy) is 1. The molecule has 0 spiro atoms. The molecule has 0 unspecified atom stereocenters. The Hall–Kier alpha value is -1.23. The highest BCUT2D eigenvalue weighted by atomic mass is 16.6. The van der Waals surface area contributed by atoms with Crippen molar-refractivity contribution in [2.75, 3.05) is 0 Å². The van der Waals surface area contributed by atoms with E-state index in [4.69, 9.17) is 15.3 Å². The van der Waals surface area contributed by atoms with E-state index in [2.05, 4.69) is 12.5 Å². The maximum Gasteiger partial charge on any atom is 0.313 e. The zero-order valence-corrected chi connectivity index (χ0v) is 11.6. The Morgan fingerprint density at radius 3 is 2.79 bits per heavy atom. The highest BCUT2D eigenvalue weighted by molar-refractivity contribution is 5.78. The second-order valence-electron chi connectivity index (χ2n) is 4.77. The van der Waals surface area contributed by atoms with Gasteiger partial charge in [-0.2, -0.15) is 0 Å². The van der Waals surface area contributed by atoms with Crippen LogP contribution >= 0.6 is 0 Å². The van der Waals surface area contributed by atoms with E-state index in [1.54, 1.807) is 0 Å². The lowest BCUT2D eigenvalue weighted by molar-refractivity contribution is -0.186. The lowest BCUT2D eigenvalue weighted by atomic mass is 9.87. The van der Waals surface area contributed by atoms with E-state index >= 15 is 0 Å². The number of unbranched alkanes of at least 4 members (excludes halogenated alkanes) is 5. The predicted molar refractivity (Wildman–Crippen MR) is 78.6 cm³/mol. The smallest absolute Gasteiger partial charge is 0.313 e. The van der Waals surface area contributed by atoms with Gasteiger partial charge in [0.15, 0.2) is 0 Å². The third kappa shape index (κ3) is 5.96. The monoisotopic (exact) mass is 265 g/mol. The second kappa shape index (κ2) is 9.67. The van der Waals surface area contributed by atoms with Crippen molar-refractivity contribution in [3.63, 3.8) is 0 Å². The van der Waals surface area contributed by atoms with Crippen molar-refractivity contribution in [1.82, 2.24) is 0 Å². The van der Waals surface area contributed by atoms with Crippen LogP contribution in [-0.4, -0.2) is 12.0 Å². The van der Waals surface area contributed by atoms with Crippen LogP contribution in [0, 0.1) is 18.2 Å². The molecule has 0 radical (unpaired) electrons. The zero-order valence-electron chi connectivity index (χ0n) is 14.6. The molecular weight excluding hydrogens is 236 g/mol. The van der Waals surface area contributed by atoms with Gasteiger partial charge in [-0.3, -0.25) is 4.79 Å². The van der Waals surface area contributed by atoms with Crippen molar-refractivity contribution in [1.29, 1.82) is 0 Å². The van der Waals surface area contributed by atoms with E-state index < -0.39 is 24.3 Å². The van der Waals surface area contributed by atoms with Crippen molar-refractivity contribution in [2.24, 2.45) is 5.89 Å². The van der Waals surface area contributed by atoms with Gasteiger partial charge in [0.05, 0.1) is 7.26 Å². The van der Waals surface area contributed by atoms with E-state index in [-0.39, 0.29) is 12.8 Å². The molecule has 0 bridgehead atoms. The average molecular weight is 265 g/mol. The van der Waals surface area contributed by atoms with Crippen LogP contribution in [0.2, 0.25) is 0 Å². The maximum atomic E-state index is 11.7. The van der Waals surface area contributed by atoms with Crippen LogP contribution in [-0.2, 0) is 9.53 Å². The number of hydrogen-bond donors (Lipinski definition) is 0. The molecule has 106 valence electrons. The third-order valence-electron chi connectivity index (χ3n) is 3.20. The van der Waals surface area contributed by atoms with Gasteiger partial charge >= 0.3 is 5.97 Å². The number of rotatable bonds is 11. The van der Waals surface area contributed by atoms with Crippen LogP contribution in [0.4, 0.5) is 0 Å². The predicted octanol–water partition coefficient (Wildman–Crippen LogP) is 4.25. The molecule has 0 aromatic rings. The van der Waals surface area contributed by atoms with Crippen molar-refractivity contribution >= 4 is 5.97 Å². The van der Waals surface area contributed by atoms with Gasteiger partial charge in [0.25, 0.3) is 0 Å². The molecule has 2 heteroatoms. The molecule has 1 aliphatic heterocycles. The molecule has 3 atom stereocenters. The van der Waals surface area contributed by atoms with Crippen LogP contribution in [0.5, 0.6) is 0 Å². The molecule has 0 aliphatic carbocycles. The summed E-state index contributed by atoms with van der Waals surface area (Å²) >= 11 is 0. The Balaban J connectivity index is 2.43. The molecule has 1 rings (SSSR count). The van der Waals surface area contributed by atoms with Gasteiger partial charge in [0.2, 0.25) is 0 Å². The van der Waals surface area contributed by atoms with E-state index in [0.717, 1.165) is 32.1 Å². The Labute approximate surface area is 121 Å². The van der Waals surface area contributed by atoms with Gasteiger partial charge in [-0.05, 0) is 32.1 Å². The van der Waals surface area contributed by atoms with Crippen LogP contribution in [0.15, 0.2) is 12.7 Å². The second-order valence-corrected chi connectivity index (χ2v) is 4.77. The summed E-state index contributed by atoms with van der Waals surface area (Å²) in [7, 11) is 0. The van der Waals surface area contributed by atoms with Gasteiger partial charge in [-0.15, -0.1) is 18.9 Å². The summed E-state index contributed by atoms with van der Waals surface area (Å²) in [5, 5.41) is 0. The first-order valence-electron chi connectivity index (χ1n) is 8.70. The number of carbonyl (C=O) groups is 1. The summed E-state index contributed by atoms with van der Waals surface area (Å²) in [4.78, 5) is 11.7. The normalized spacial score (nSPS) is 33.0. The fourth-order valence-corrected chi connectivity index (χ4v) is 2.07. The van der Waals surface area contributed by atoms with E-state index in [1.807, 2.05) is 6.08 Å². The van der Waals surface area contributed by atoms with E-state index in [0.29, 0.717) is 12.8 Å². The van der Waals surface area contributed by atoms with Crippen LogP contribution < -0.4 is 0 Å². The Morgan fingerprint density at radius 1 is 1.37 bits per heavy atom. The average Bonchev–Trinajstić information content (AvgIpc) is 2.51. The molecule has 1 heterocycles. The van der Waals surface area contributed by atoms with Crippen molar-refractivity contribution in [3.8, 4) is 12.3 Å². The van der Waals surface area contributed by atoms with Gasteiger partial charge in [0.1, 0.15) is 6.08 Å². The standard InChI is InChI=1S/C17H26O2/c1-3-5-7-8-9-10-12-13-15-16(19-17(15)18)14-11-6-4-2/h2-3,15-16H,1,5-14H2/t15-,16-/m1/s1/i14D,15D,16D/t14-,15-,16-. The molecule has 0 aromatic carbocycles. The first kappa shape index (κ1) is 11.6. The van der Waals surface area contributed by atoms with Crippen molar-refractivity contribution in [3.05, 3.63) is 12.7 Å².